The number of nitrogens with one attached hydrogen (secondary N) is 1. The molecular formula is C14H13ClF2N2. The molecule has 1 atom stereocenters. The van der Waals surface area contributed by atoms with Gasteiger partial charge in [0.1, 0.15) is 11.6 Å². The summed E-state index contributed by atoms with van der Waals surface area (Å²) >= 11 is 6.04. The molecule has 0 spiro atoms. The van der Waals surface area contributed by atoms with E-state index in [1.54, 1.807) is 13.0 Å². The molecule has 0 fully saturated rings. The molecule has 0 aromatic heterocycles. The molecule has 100 valence electrons. The van der Waals surface area contributed by atoms with Gasteiger partial charge in [-0.05, 0) is 53.9 Å². The molecule has 0 saturated carbocycles. The Morgan fingerprint density at radius 3 is 2.47 bits per heavy atom. The highest BCUT2D eigenvalue weighted by Gasteiger charge is 2.17. The third-order valence-electron chi connectivity index (χ3n) is 2.83. The third-order valence-corrected chi connectivity index (χ3v) is 3.18. The Hall–Kier alpha value is -1.49. The van der Waals surface area contributed by atoms with Crippen LogP contribution < -0.4 is 11.3 Å². The summed E-state index contributed by atoms with van der Waals surface area (Å²) < 4.78 is 26.8. The van der Waals surface area contributed by atoms with Gasteiger partial charge < -0.3 is 0 Å². The van der Waals surface area contributed by atoms with Crippen molar-refractivity contribution in [2.24, 2.45) is 5.84 Å². The molecule has 0 aliphatic heterocycles. The zero-order chi connectivity index (χ0) is 14.0. The maximum absolute atomic E-state index is 13.4. The summed E-state index contributed by atoms with van der Waals surface area (Å²) in [7, 11) is 0. The lowest BCUT2D eigenvalue weighted by molar-refractivity contribution is 0.594. The van der Waals surface area contributed by atoms with Gasteiger partial charge >= 0.3 is 0 Å². The van der Waals surface area contributed by atoms with E-state index in [0.717, 1.165) is 5.56 Å². The van der Waals surface area contributed by atoms with Crippen LogP contribution in [0.1, 0.15) is 22.7 Å². The van der Waals surface area contributed by atoms with Gasteiger partial charge in [-0.25, -0.2) is 14.2 Å². The average molecular weight is 283 g/mol. The van der Waals surface area contributed by atoms with E-state index in [1.165, 1.54) is 30.3 Å². The van der Waals surface area contributed by atoms with Crippen molar-refractivity contribution in [1.82, 2.24) is 5.43 Å². The fourth-order valence-corrected chi connectivity index (χ4v) is 2.26. The van der Waals surface area contributed by atoms with Gasteiger partial charge in [-0.1, -0.05) is 17.7 Å². The zero-order valence-electron chi connectivity index (χ0n) is 10.3. The minimum absolute atomic E-state index is 0.367. The second-order valence-electron chi connectivity index (χ2n) is 4.33. The molecule has 3 N–H and O–H groups in total. The highest BCUT2D eigenvalue weighted by molar-refractivity contribution is 6.31. The number of hydrogen-bond donors (Lipinski definition) is 2. The maximum atomic E-state index is 13.4. The van der Waals surface area contributed by atoms with Crippen LogP contribution in [0.25, 0.3) is 0 Å². The normalized spacial score (nSPS) is 12.5. The predicted octanol–water partition coefficient (Wildman–Crippen LogP) is 3.48. The van der Waals surface area contributed by atoms with E-state index in [9.17, 15) is 8.78 Å². The number of hydrogen-bond acceptors (Lipinski definition) is 2. The second kappa shape index (κ2) is 5.65. The Morgan fingerprint density at radius 1 is 1.11 bits per heavy atom. The van der Waals surface area contributed by atoms with E-state index in [1.807, 2.05) is 0 Å². The Balaban J connectivity index is 2.52. The molecular weight excluding hydrogens is 270 g/mol. The molecule has 0 aliphatic carbocycles. The van der Waals surface area contributed by atoms with E-state index in [0.29, 0.717) is 16.1 Å². The lowest BCUT2D eigenvalue weighted by atomic mass is 9.97. The van der Waals surface area contributed by atoms with Crippen molar-refractivity contribution in [2.45, 2.75) is 13.0 Å². The molecule has 0 bridgehead atoms. The molecule has 19 heavy (non-hydrogen) atoms. The van der Waals surface area contributed by atoms with Crippen molar-refractivity contribution < 1.29 is 8.78 Å². The summed E-state index contributed by atoms with van der Waals surface area (Å²) in [5.41, 5.74) is 4.35. The van der Waals surface area contributed by atoms with Gasteiger partial charge in [-0.2, -0.15) is 0 Å². The smallest absolute Gasteiger partial charge is 0.123 e. The first-order valence-corrected chi connectivity index (χ1v) is 6.07. The SMILES string of the molecule is Cc1cc(F)cc(C(NN)c2cc(F)ccc2Cl)c1. The lowest BCUT2D eigenvalue weighted by Gasteiger charge is -2.19. The first-order valence-electron chi connectivity index (χ1n) is 5.69. The quantitative estimate of drug-likeness (QED) is 0.668. The van der Waals surface area contributed by atoms with Gasteiger partial charge in [0.05, 0.1) is 6.04 Å². The van der Waals surface area contributed by atoms with Gasteiger partial charge in [0.2, 0.25) is 0 Å². The van der Waals surface area contributed by atoms with Crippen molar-refractivity contribution in [3.05, 3.63) is 69.7 Å². The van der Waals surface area contributed by atoms with Gasteiger partial charge in [0.15, 0.2) is 0 Å². The second-order valence-corrected chi connectivity index (χ2v) is 4.73. The molecule has 0 radical (unpaired) electrons. The van der Waals surface area contributed by atoms with Crippen LogP contribution in [0.15, 0.2) is 36.4 Å². The summed E-state index contributed by atoms with van der Waals surface area (Å²) in [4.78, 5) is 0. The van der Waals surface area contributed by atoms with Crippen LogP contribution in [-0.4, -0.2) is 0 Å². The van der Waals surface area contributed by atoms with E-state index < -0.39 is 11.9 Å². The van der Waals surface area contributed by atoms with Gasteiger partial charge in [-0.3, -0.25) is 5.84 Å². The molecule has 1 unspecified atom stereocenters. The Kier molecular flexibility index (Phi) is 4.14. The number of aryl methyl sites for hydroxylation is 1. The third kappa shape index (κ3) is 3.10. The van der Waals surface area contributed by atoms with Crippen LogP contribution >= 0.6 is 11.6 Å². The van der Waals surface area contributed by atoms with Gasteiger partial charge in [-0.15, -0.1) is 0 Å². The highest BCUT2D eigenvalue weighted by Crippen LogP contribution is 2.29. The summed E-state index contributed by atoms with van der Waals surface area (Å²) in [5, 5.41) is 0.367. The average Bonchev–Trinajstić information content (AvgIpc) is 2.33. The van der Waals surface area contributed by atoms with Crippen LogP contribution in [0.5, 0.6) is 0 Å². The van der Waals surface area contributed by atoms with Crippen LogP contribution in [0.3, 0.4) is 0 Å². The van der Waals surface area contributed by atoms with Gasteiger partial charge in [0, 0.05) is 5.02 Å². The number of benzene rings is 2. The van der Waals surface area contributed by atoms with Crippen molar-refractivity contribution in [1.29, 1.82) is 0 Å². The monoisotopic (exact) mass is 282 g/mol. The van der Waals surface area contributed by atoms with Crippen molar-refractivity contribution in [3.8, 4) is 0 Å². The van der Waals surface area contributed by atoms with Gasteiger partial charge in [0.25, 0.3) is 0 Å². The number of halogens is 3. The molecule has 0 amide bonds. The summed E-state index contributed by atoms with van der Waals surface area (Å²) in [6, 6.07) is 7.95. The van der Waals surface area contributed by atoms with E-state index in [2.05, 4.69) is 5.43 Å². The molecule has 0 heterocycles. The standard InChI is InChI=1S/C14H13ClF2N2/c1-8-4-9(6-11(17)5-8)14(19-18)12-7-10(16)2-3-13(12)15/h2-7,14,19H,18H2,1H3. The largest absolute Gasteiger partial charge is 0.271 e. The molecule has 2 rings (SSSR count). The Labute approximate surface area is 115 Å². The summed E-state index contributed by atoms with van der Waals surface area (Å²) in [6.07, 6.45) is 0. The first-order chi connectivity index (χ1) is 9.01. The van der Waals surface area contributed by atoms with E-state index in [-0.39, 0.29) is 5.82 Å². The first kappa shape index (κ1) is 13.9. The molecule has 0 saturated heterocycles. The number of nitrogens with two attached hydrogens (primary N) is 1. The fourth-order valence-electron chi connectivity index (χ4n) is 2.03. The van der Waals surface area contributed by atoms with Crippen molar-refractivity contribution in [3.63, 3.8) is 0 Å². The van der Waals surface area contributed by atoms with E-state index in [4.69, 9.17) is 17.4 Å². The molecule has 2 aromatic rings. The fraction of sp³-hybridized carbons (Fsp3) is 0.143. The van der Waals surface area contributed by atoms with Crippen molar-refractivity contribution >= 4 is 11.6 Å². The lowest BCUT2D eigenvalue weighted by Crippen LogP contribution is -2.29. The predicted molar refractivity (Wildman–Crippen MR) is 71.7 cm³/mol. The Morgan fingerprint density at radius 2 is 1.84 bits per heavy atom. The maximum Gasteiger partial charge on any atom is 0.123 e. The van der Waals surface area contributed by atoms with Crippen LogP contribution in [0, 0.1) is 18.6 Å². The van der Waals surface area contributed by atoms with E-state index >= 15 is 0 Å². The number of rotatable bonds is 3. The molecule has 2 nitrogen and oxygen atoms in total. The van der Waals surface area contributed by atoms with Crippen LogP contribution in [0.2, 0.25) is 5.02 Å². The Bertz CT molecular complexity index is 582. The van der Waals surface area contributed by atoms with Crippen LogP contribution in [0.4, 0.5) is 8.78 Å². The summed E-state index contributed by atoms with van der Waals surface area (Å²) in [6.45, 7) is 1.77. The zero-order valence-corrected chi connectivity index (χ0v) is 11.0. The highest BCUT2D eigenvalue weighted by atomic mass is 35.5. The van der Waals surface area contributed by atoms with Crippen LogP contribution in [-0.2, 0) is 0 Å². The minimum Gasteiger partial charge on any atom is -0.271 e. The number of hydrazine groups is 1. The molecule has 5 heteroatoms. The molecule has 2 aromatic carbocycles. The topological polar surface area (TPSA) is 38.0 Å². The molecule has 0 aliphatic rings. The van der Waals surface area contributed by atoms with Crippen molar-refractivity contribution in [2.75, 3.05) is 0 Å². The summed E-state index contributed by atoms with van der Waals surface area (Å²) in [5.74, 6) is 4.71. The minimum atomic E-state index is -0.572.